The molecular weight excluding hydrogens is 268 g/mol. The molecule has 2 heterocycles. The highest BCUT2D eigenvalue weighted by molar-refractivity contribution is 7.71. The molecule has 20 heavy (non-hydrogen) atoms. The first-order valence-electron chi connectivity index (χ1n) is 7.04. The standard InChI is InChI=1S/C12H10N2OS.2C2H6/c16-12-13-6-9(14-12)5-8-7-15-11-4-2-1-3-10(8)11;2*1-2/h1-4,6-7H,5H2,(H2,13,14,16);2*1-2H3. The van der Waals surface area contributed by atoms with Crippen LogP contribution in [-0.2, 0) is 6.42 Å². The van der Waals surface area contributed by atoms with Crippen LogP contribution in [0.15, 0.2) is 41.1 Å². The van der Waals surface area contributed by atoms with Crippen molar-refractivity contribution < 1.29 is 4.42 Å². The number of imidazole rings is 1. The van der Waals surface area contributed by atoms with E-state index in [1.807, 2.05) is 52.1 Å². The molecule has 0 atom stereocenters. The first-order valence-corrected chi connectivity index (χ1v) is 7.45. The number of rotatable bonds is 2. The van der Waals surface area contributed by atoms with Gasteiger partial charge in [0.05, 0.1) is 6.26 Å². The number of benzene rings is 1. The van der Waals surface area contributed by atoms with Gasteiger partial charge in [-0.3, -0.25) is 0 Å². The topological polar surface area (TPSA) is 44.7 Å². The van der Waals surface area contributed by atoms with Gasteiger partial charge in [-0.1, -0.05) is 45.9 Å². The van der Waals surface area contributed by atoms with Gasteiger partial charge in [0.1, 0.15) is 5.58 Å². The summed E-state index contributed by atoms with van der Waals surface area (Å²) >= 11 is 4.99. The third kappa shape index (κ3) is 3.84. The van der Waals surface area contributed by atoms with Crippen LogP contribution < -0.4 is 0 Å². The maximum absolute atomic E-state index is 5.48. The largest absolute Gasteiger partial charge is 0.464 e. The van der Waals surface area contributed by atoms with Crippen LogP contribution in [0.1, 0.15) is 39.0 Å². The molecular formula is C16H22N2OS. The molecule has 0 saturated heterocycles. The van der Waals surface area contributed by atoms with E-state index in [0.29, 0.717) is 4.77 Å². The van der Waals surface area contributed by atoms with E-state index in [1.165, 1.54) is 5.56 Å². The lowest BCUT2D eigenvalue weighted by molar-refractivity contribution is 0.611. The minimum absolute atomic E-state index is 0.655. The summed E-state index contributed by atoms with van der Waals surface area (Å²) in [5.41, 5.74) is 3.16. The Hall–Kier alpha value is -1.81. The van der Waals surface area contributed by atoms with Gasteiger partial charge in [0.2, 0.25) is 0 Å². The molecule has 3 rings (SSSR count). The Morgan fingerprint density at radius 1 is 1.10 bits per heavy atom. The Balaban J connectivity index is 0.000000461. The van der Waals surface area contributed by atoms with Gasteiger partial charge in [-0.15, -0.1) is 0 Å². The Kier molecular flexibility index (Phi) is 6.81. The van der Waals surface area contributed by atoms with Crippen molar-refractivity contribution in [1.82, 2.24) is 9.97 Å². The molecule has 0 radical (unpaired) electrons. The lowest BCUT2D eigenvalue weighted by atomic mass is 10.1. The van der Waals surface area contributed by atoms with Crippen LogP contribution in [0.25, 0.3) is 11.0 Å². The number of para-hydroxylation sites is 1. The normalized spacial score (nSPS) is 9.40. The summed E-state index contributed by atoms with van der Waals surface area (Å²) < 4.78 is 6.13. The smallest absolute Gasteiger partial charge is 0.174 e. The molecule has 0 aliphatic carbocycles. The number of aromatic nitrogens is 2. The number of fused-ring (bicyclic) bond motifs is 1. The maximum atomic E-state index is 5.48. The molecule has 0 fully saturated rings. The zero-order chi connectivity index (χ0) is 15.0. The molecule has 0 saturated carbocycles. The average molecular weight is 290 g/mol. The minimum Gasteiger partial charge on any atom is -0.464 e. The van der Waals surface area contributed by atoms with E-state index in [-0.39, 0.29) is 0 Å². The fourth-order valence-corrected chi connectivity index (χ4v) is 2.03. The Morgan fingerprint density at radius 2 is 1.80 bits per heavy atom. The van der Waals surface area contributed by atoms with Crippen LogP contribution in [0.3, 0.4) is 0 Å². The predicted octanol–water partition coefficient (Wildman–Crippen LogP) is 5.46. The minimum atomic E-state index is 0.655. The monoisotopic (exact) mass is 290 g/mol. The average Bonchev–Trinajstić information content (AvgIpc) is 3.11. The second-order valence-electron chi connectivity index (χ2n) is 3.70. The summed E-state index contributed by atoms with van der Waals surface area (Å²) in [7, 11) is 0. The van der Waals surface area contributed by atoms with Crippen molar-refractivity contribution in [1.29, 1.82) is 0 Å². The van der Waals surface area contributed by atoms with Gasteiger partial charge in [-0.05, 0) is 18.3 Å². The van der Waals surface area contributed by atoms with Crippen LogP contribution in [0.5, 0.6) is 0 Å². The highest BCUT2D eigenvalue weighted by Gasteiger charge is 2.06. The molecule has 2 aromatic heterocycles. The predicted molar refractivity (Wildman–Crippen MR) is 87.7 cm³/mol. The third-order valence-corrected chi connectivity index (χ3v) is 2.81. The summed E-state index contributed by atoms with van der Waals surface area (Å²) in [6.45, 7) is 8.00. The molecule has 0 unspecified atom stereocenters. The van der Waals surface area contributed by atoms with Crippen LogP contribution >= 0.6 is 12.2 Å². The van der Waals surface area contributed by atoms with Crippen molar-refractivity contribution in [3.8, 4) is 0 Å². The lowest BCUT2D eigenvalue weighted by Gasteiger charge is -1.94. The number of hydrogen-bond acceptors (Lipinski definition) is 2. The van der Waals surface area contributed by atoms with E-state index >= 15 is 0 Å². The molecule has 4 heteroatoms. The molecule has 108 valence electrons. The molecule has 3 nitrogen and oxygen atoms in total. The Bertz CT molecular complexity index is 679. The van der Waals surface area contributed by atoms with E-state index in [0.717, 1.165) is 23.1 Å². The molecule has 0 amide bonds. The van der Waals surface area contributed by atoms with E-state index in [9.17, 15) is 0 Å². The number of furan rings is 1. The van der Waals surface area contributed by atoms with Crippen LogP contribution in [0, 0.1) is 4.77 Å². The molecule has 0 aliphatic heterocycles. The number of aromatic amines is 2. The highest BCUT2D eigenvalue weighted by atomic mass is 32.1. The first kappa shape index (κ1) is 16.2. The van der Waals surface area contributed by atoms with E-state index < -0.39 is 0 Å². The van der Waals surface area contributed by atoms with Crippen molar-refractivity contribution in [3.63, 3.8) is 0 Å². The maximum Gasteiger partial charge on any atom is 0.174 e. The second-order valence-corrected chi connectivity index (χ2v) is 4.11. The molecule has 0 aliphatic rings. The zero-order valence-corrected chi connectivity index (χ0v) is 13.3. The summed E-state index contributed by atoms with van der Waals surface area (Å²) in [6.07, 6.45) is 4.49. The SMILES string of the molecule is CC.CC.S=c1[nH]cc(Cc2coc3ccccc23)[nH]1. The third-order valence-electron chi connectivity index (χ3n) is 2.59. The fraction of sp³-hybridized carbons (Fsp3) is 0.312. The summed E-state index contributed by atoms with van der Waals surface area (Å²) in [5, 5.41) is 1.16. The van der Waals surface area contributed by atoms with Crippen LogP contribution in [0.4, 0.5) is 0 Å². The van der Waals surface area contributed by atoms with Crippen molar-refractivity contribution >= 4 is 23.2 Å². The quantitative estimate of drug-likeness (QED) is 0.615. The van der Waals surface area contributed by atoms with Gasteiger partial charge >= 0.3 is 0 Å². The van der Waals surface area contributed by atoms with Gasteiger partial charge in [-0.2, -0.15) is 0 Å². The summed E-state index contributed by atoms with van der Waals surface area (Å²) in [6, 6.07) is 8.02. The van der Waals surface area contributed by atoms with Crippen molar-refractivity contribution in [2.45, 2.75) is 34.1 Å². The highest BCUT2D eigenvalue weighted by Crippen LogP contribution is 2.22. The van der Waals surface area contributed by atoms with Gasteiger partial charge in [-0.25, -0.2) is 0 Å². The number of H-pyrrole nitrogens is 2. The Labute approximate surface area is 125 Å². The van der Waals surface area contributed by atoms with Crippen molar-refractivity contribution in [2.75, 3.05) is 0 Å². The second kappa shape index (κ2) is 8.38. The summed E-state index contributed by atoms with van der Waals surface area (Å²) in [5.74, 6) is 0. The molecule has 0 spiro atoms. The summed E-state index contributed by atoms with van der Waals surface area (Å²) in [4.78, 5) is 6.05. The van der Waals surface area contributed by atoms with E-state index in [2.05, 4.69) is 16.0 Å². The lowest BCUT2D eigenvalue weighted by Crippen LogP contribution is -1.85. The zero-order valence-electron chi connectivity index (χ0n) is 12.5. The van der Waals surface area contributed by atoms with E-state index in [4.69, 9.17) is 16.6 Å². The Morgan fingerprint density at radius 3 is 2.45 bits per heavy atom. The van der Waals surface area contributed by atoms with E-state index in [1.54, 1.807) is 6.26 Å². The number of nitrogens with one attached hydrogen (secondary N) is 2. The molecule has 1 aromatic carbocycles. The molecule has 0 bridgehead atoms. The van der Waals surface area contributed by atoms with Crippen molar-refractivity contribution in [2.24, 2.45) is 0 Å². The van der Waals surface area contributed by atoms with Crippen LogP contribution in [-0.4, -0.2) is 9.97 Å². The van der Waals surface area contributed by atoms with Gasteiger partial charge in [0, 0.05) is 29.3 Å². The van der Waals surface area contributed by atoms with Crippen LogP contribution in [0.2, 0.25) is 0 Å². The van der Waals surface area contributed by atoms with Gasteiger partial charge in [0.15, 0.2) is 4.77 Å². The van der Waals surface area contributed by atoms with Gasteiger partial charge < -0.3 is 14.4 Å². The van der Waals surface area contributed by atoms with Gasteiger partial charge in [0.25, 0.3) is 0 Å². The molecule has 2 N–H and O–H groups in total. The number of hydrogen-bond donors (Lipinski definition) is 2. The first-order chi connectivity index (χ1) is 9.83. The fourth-order valence-electron chi connectivity index (χ4n) is 1.84. The molecule has 3 aromatic rings. The van der Waals surface area contributed by atoms with Crippen molar-refractivity contribution in [3.05, 3.63) is 52.8 Å².